The Morgan fingerprint density at radius 3 is 1.58 bits per heavy atom. The van der Waals surface area contributed by atoms with Crippen LogP contribution in [0.4, 0.5) is 0 Å². The van der Waals surface area contributed by atoms with Crippen LogP contribution >= 0.6 is 15.6 Å². The lowest BCUT2D eigenvalue weighted by Crippen LogP contribution is -2.29. The zero-order valence-corrected chi connectivity index (χ0v) is 40.2. The summed E-state index contributed by atoms with van der Waals surface area (Å²) in [5, 5.41) is 19.8. The smallest absolute Gasteiger partial charge is 0.462 e. The largest absolute Gasteiger partial charge is 0.472 e. The van der Waals surface area contributed by atoms with E-state index in [1.54, 1.807) is 6.08 Å². The molecule has 0 aliphatic carbocycles. The Hall–Kier alpha value is -3.00. The van der Waals surface area contributed by atoms with E-state index in [9.17, 15) is 33.8 Å². The molecule has 4 atom stereocenters. The van der Waals surface area contributed by atoms with Gasteiger partial charge in [-0.1, -0.05) is 143 Å². The zero-order valence-electron chi connectivity index (χ0n) is 38.5. The molecule has 16 heteroatoms. The third-order valence-corrected chi connectivity index (χ3v) is 10.5. The normalized spacial score (nSPS) is 15.3. The molecule has 0 heterocycles. The molecule has 0 spiro atoms. The summed E-state index contributed by atoms with van der Waals surface area (Å²) in [5.74, 6) is -1.18. The van der Waals surface area contributed by atoms with E-state index in [2.05, 4.69) is 77.6 Å². The Kier molecular flexibility index (Phi) is 40.6. The van der Waals surface area contributed by atoms with Gasteiger partial charge < -0.3 is 34.4 Å². The van der Waals surface area contributed by atoms with E-state index in [0.717, 1.165) is 51.4 Å². The van der Waals surface area contributed by atoms with Crippen molar-refractivity contribution in [2.24, 2.45) is 0 Å². The van der Waals surface area contributed by atoms with Gasteiger partial charge in [-0.3, -0.25) is 23.2 Å². The molecule has 0 aliphatic heterocycles. The molecule has 0 aromatic heterocycles. The van der Waals surface area contributed by atoms with Gasteiger partial charge in [-0.25, -0.2) is 9.13 Å². The summed E-state index contributed by atoms with van der Waals surface area (Å²) in [6.45, 7) is 1.50. The number of rotatable bonds is 42. The summed E-state index contributed by atoms with van der Waals surface area (Å²) < 4.78 is 47.7. The van der Waals surface area contributed by atoms with Crippen LogP contribution in [0.3, 0.4) is 0 Å². The molecule has 64 heavy (non-hydrogen) atoms. The molecular formula is C48H80O14P2. The lowest BCUT2D eigenvalue weighted by molar-refractivity contribution is -0.161. The highest BCUT2D eigenvalue weighted by molar-refractivity contribution is 7.47. The highest BCUT2D eigenvalue weighted by Gasteiger charge is 2.28. The van der Waals surface area contributed by atoms with Crippen LogP contribution in [0, 0.1) is 0 Å². The lowest BCUT2D eigenvalue weighted by atomic mass is 10.1. The number of hydrogen-bond acceptors (Lipinski definition) is 11. The van der Waals surface area contributed by atoms with Gasteiger partial charge in [0.15, 0.2) is 6.10 Å². The van der Waals surface area contributed by atoms with Crippen molar-refractivity contribution in [1.82, 2.24) is 0 Å². The molecule has 0 aromatic rings. The van der Waals surface area contributed by atoms with E-state index in [-0.39, 0.29) is 12.8 Å². The number of hydrogen-bond donors (Lipinski definition) is 5. The minimum Gasteiger partial charge on any atom is -0.462 e. The van der Waals surface area contributed by atoms with Crippen LogP contribution in [0.1, 0.15) is 149 Å². The van der Waals surface area contributed by atoms with Gasteiger partial charge >= 0.3 is 27.6 Å². The number of aliphatic hydroxyl groups is 2. The van der Waals surface area contributed by atoms with E-state index in [1.807, 2.05) is 36.5 Å². The minimum absolute atomic E-state index is 0.00862. The van der Waals surface area contributed by atoms with Crippen molar-refractivity contribution in [3.63, 3.8) is 0 Å². The molecular weight excluding hydrogens is 862 g/mol. The third-order valence-electron chi connectivity index (χ3n) is 9.02. The Morgan fingerprint density at radius 2 is 1.00 bits per heavy atom. The van der Waals surface area contributed by atoms with E-state index in [4.69, 9.17) is 23.8 Å². The highest BCUT2D eigenvalue weighted by atomic mass is 31.2. The molecule has 366 valence electrons. The summed E-state index contributed by atoms with van der Waals surface area (Å²) in [4.78, 5) is 52.8. The van der Waals surface area contributed by atoms with Crippen LogP contribution in [0.15, 0.2) is 97.2 Å². The number of ether oxygens (including phenoxy) is 2. The number of aliphatic hydroxyl groups excluding tert-OH is 2. The molecule has 0 saturated heterocycles. The van der Waals surface area contributed by atoms with Gasteiger partial charge in [0.05, 0.1) is 25.9 Å². The molecule has 0 amide bonds. The van der Waals surface area contributed by atoms with Gasteiger partial charge in [0.2, 0.25) is 0 Å². The fraction of sp³-hybridized carbons (Fsp3) is 0.625. The lowest BCUT2D eigenvalue weighted by Gasteiger charge is -2.20. The second-order valence-electron chi connectivity index (χ2n) is 15.2. The molecule has 0 aromatic carbocycles. The van der Waals surface area contributed by atoms with Gasteiger partial charge in [0.1, 0.15) is 12.7 Å². The van der Waals surface area contributed by atoms with Crippen molar-refractivity contribution >= 4 is 27.6 Å². The summed E-state index contributed by atoms with van der Waals surface area (Å²) in [6.07, 6.45) is 47.1. The van der Waals surface area contributed by atoms with Crippen LogP contribution in [0.25, 0.3) is 0 Å². The van der Waals surface area contributed by atoms with Gasteiger partial charge in [-0.05, 0) is 89.9 Å². The SMILES string of the molecule is CCCCC/C=C\C=C/[C@H](O)C/C=C\C/C=C/CCCC(=O)O[C@H](COC(=O)CCCCC/C=C\C/C=C\C/C=C\C/C=C\CCCCC)COP(=O)(O)OC[C@@H](O)COP(=O)(O)O. The zero-order chi connectivity index (χ0) is 47.4. The number of carbonyl (C=O) groups is 2. The Labute approximate surface area is 383 Å². The van der Waals surface area contributed by atoms with Crippen LogP contribution in [-0.4, -0.2) is 81.6 Å². The van der Waals surface area contributed by atoms with Crippen LogP contribution in [0.5, 0.6) is 0 Å². The number of phosphoric acid groups is 2. The number of carbonyl (C=O) groups excluding carboxylic acids is 2. The van der Waals surface area contributed by atoms with E-state index < -0.39 is 72.3 Å². The third kappa shape index (κ3) is 45.6. The standard InChI is InChI=1S/C48H80O14P2/c1-3-5-7-9-11-12-13-14-15-16-17-18-19-20-21-22-26-30-34-38-47(51)58-42-46(43-61-64(56,57)60-41-45(50)40-59-63(53,54)55)62-48(52)39-35-31-27-23-25-29-33-37-44(49)36-32-28-24-10-8-6-4-2/h11-12,14-15,17-18,20-21,23-24,27-29,32-33,36,44-46,49-50H,3-10,13,16,19,22,25-26,30-31,34-35,37-43H2,1-2H3,(H,56,57)(H2,53,54,55)/b12-11-,15-14-,18-17-,21-20-,27-23+,28-24-,33-29-,36-32-/t44-,45-,46+/m0/s1. The fourth-order valence-corrected chi connectivity index (χ4v) is 6.62. The highest BCUT2D eigenvalue weighted by Crippen LogP contribution is 2.43. The average Bonchev–Trinajstić information content (AvgIpc) is 3.25. The van der Waals surface area contributed by atoms with Crippen LogP contribution < -0.4 is 0 Å². The first-order valence-electron chi connectivity index (χ1n) is 23.0. The Morgan fingerprint density at radius 1 is 0.516 bits per heavy atom. The summed E-state index contributed by atoms with van der Waals surface area (Å²) in [6, 6.07) is 0. The van der Waals surface area contributed by atoms with Gasteiger partial charge in [0.25, 0.3) is 0 Å². The number of allylic oxidation sites excluding steroid dienone is 14. The fourth-order valence-electron chi connectivity index (χ4n) is 5.46. The molecule has 0 saturated carbocycles. The number of phosphoric ester groups is 2. The molecule has 1 unspecified atom stereocenters. The van der Waals surface area contributed by atoms with E-state index >= 15 is 0 Å². The first-order valence-corrected chi connectivity index (χ1v) is 26.1. The maximum absolute atomic E-state index is 12.7. The van der Waals surface area contributed by atoms with Gasteiger partial charge in [-0.2, -0.15) is 0 Å². The minimum atomic E-state index is -4.89. The molecule has 0 rings (SSSR count). The molecule has 0 radical (unpaired) electrons. The second kappa shape index (κ2) is 42.6. The first-order chi connectivity index (χ1) is 30.8. The summed E-state index contributed by atoms with van der Waals surface area (Å²) >= 11 is 0. The van der Waals surface area contributed by atoms with E-state index in [0.29, 0.717) is 32.1 Å². The second-order valence-corrected chi connectivity index (χ2v) is 17.9. The first kappa shape index (κ1) is 61.0. The van der Waals surface area contributed by atoms with Crippen LogP contribution in [-0.2, 0) is 41.8 Å². The maximum atomic E-state index is 12.7. The van der Waals surface area contributed by atoms with Gasteiger partial charge in [0, 0.05) is 12.8 Å². The number of esters is 2. The van der Waals surface area contributed by atoms with Crippen molar-refractivity contribution < 1.29 is 66.7 Å². The quantitative estimate of drug-likeness (QED) is 0.0127. The summed E-state index contributed by atoms with van der Waals surface area (Å²) in [7, 11) is -9.74. The van der Waals surface area contributed by atoms with Crippen molar-refractivity contribution in [3.8, 4) is 0 Å². The average molecular weight is 943 g/mol. The maximum Gasteiger partial charge on any atom is 0.472 e. The summed E-state index contributed by atoms with van der Waals surface area (Å²) in [5.41, 5.74) is 0. The van der Waals surface area contributed by atoms with Gasteiger partial charge in [-0.15, -0.1) is 0 Å². The van der Waals surface area contributed by atoms with Crippen molar-refractivity contribution in [2.45, 2.75) is 167 Å². The topological polar surface area (TPSA) is 216 Å². The Balaban J connectivity index is 4.71. The molecule has 0 fully saturated rings. The van der Waals surface area contributed by atoms with Crippen LogP contribution in [0.2, 0.25) is 0 Å². The van der Waals surface area contributed by atoms with Crippen molar-refractivity contribution in [2.75, 3.05) is 26.4 Å². The Bertz CT molecular complexity index is 1510. The predicted molar refractivity (Wildman–Crippen MR) is 254 cm³/mol. The monoisotopic (exact) mass is 943 g/mol. The molecule has 5 N–H and O–H groups in total. The molecule has 0 bridgehead atoms. The van der Waals surface area contributed by atoms with E-state index in [1.165, 1.54) is 38.5 Å². The predicted octanol–water partition coefficient (Wildman–Crippen LogP) is 11.1. The van der Waals surface area contributed by atoms with Crippen molar-refractivity contribution in [1.29, 1.82) is 0 Å². The van der Waals surface area contributed by atoms with Crippen molar-refractivity contribution in [3.05, 3.63) is 97.2 Å². The molecule has 14 nitrogen and oxygen atoms in total. The number of unbranched alkanes of at least 4 members (excludes halogenated alkanes) is 10. The molecule has 0 aliphatic rings.